The molecule has 1 amide bonds. The molecule has 3 aromatic rings. The first-order chi connectivity index (χ1) is 12.5. The van der Waals surface area contributed by atoms with Crippen molar-refractivity contribution < 1.29 is 9.18 Å². The minimum Gasteiger partial charge on any atom is -0.351 e. The van der Waals surface area contributed by atoms with E-state index in [1.165, 1.54) is 23.9 Å². The standard InChI is InChI=1S/C18H18FN5OS/c1-12-4-3-5-13(2)17(12)24-18(21-22-23-24)26-11-16(25)20-10-14-6-8-15(19)9-7-14/h3-9H,10-11H2,1-2H3,(H,20,25). The quantitative estimate of drug-likeness (QED) is 0.675. The lowest BCUT2D eigenvalue weighted by Gasteiger charge is -2.10. The van der Waals surface area contributed by atoms with Crippen molar-refractivity contribution in [2.75, 3.05) is 5.75 Å². The Hall–Kier alpha value is -2.74. The van der Waals surface area contributed by atoms with Crippen molar-refractivity contribution in [2.45, 2.75) is 25.5 Å². The molecule has 0 fully saturated rings. The second kappa shape index (κ2) is 8.09. The summed E-state index contributed by atoms with van der Waals surface area (Å²) in [5, 5.41) is 15.2. The van der Waals surface area contributed by atoms with Crippen LogP contribution in [0.4, 0.5) is 4.39 Å². The molecule has 0 radical (unpaired) electrons. The van der Waals surface area contributed by atoms with Crippen molar-refractivity contribution in [3.8, 4) is 5.69 Å². The molecule has 0 aliphatic heterocycles. The molecule has 0 saturated heterocycles. The van der Waals surface area contributed by atoms with Crippen LogP contribution in [0.15, 0.2) is 47.6 Å². The summed E-state index contributed by atoms with van der Waals surface area (Å²) in [5.41, 5.74) is 3.87. The number of carbonyl (C=O) groups is 1. The third-order valence-electron chi connectivity index (χ3n) is 3.83. The maximum atomic E-state index is 12.9. The molecule has 0 unspecified atom stereocenters. The molecule has 0 spiro atoms. The number of aromatic nitrogens is 4. The summed E-state index contributed by atoms with van der Waals surface area (Å²) in [6, 6.07) is 12.0. The van der Waals surface area contributed by atoms with Gasteiger partial charge in [-0.3, -0.25) is 4.79 Å². The summed E-state index contributed by atoms with van der Waals surface area (Å²) in [6.07, 6.45) is 0. The molecule has 26 heavy (non-hydrogen) atoms. The number of hydrogen-bond acceptors (Lipinski definition) is 5. The highest BCUT2D eigenvalue weighted by atomic mass is 32.2. The molecule has 3 rings (SSSR count). The van der Waals surface area contributed by atoms with Crippen molar-refractivity contribution >= 4 is 17.7 Å². The second-order valence-electron chi connectivity index (χ2n) is 5.81. The zero-order valence-electron chi connectivity index (χ0n) is 14.4. The van der Waals surface area contributed by atoms with Crippen molar-refractivity contribution in [1.29, 1.82) is 0 Å². The molecule has 134 valence electrons. The van der Waals surface area contributed by atoms with E-state index in [2.05, 4.69) is 20.8 Å². The topological polar surface area (TPSA) is 72.7 Å². The lowest BCUT2D eigenvalue weighted by atomic mass is 10.1. The molecule has 6 nitrogen and oxygen atoms in total. The molecular formula is C18H18FN5OS. The van der Waals surface area contributed by atoms with Crippen LogP contribution in [0.5, 0.6) is 0 Å². The van der Waals surface area contributed by atoms with Crippen LogP contribution in [0.25, 0.3) is 5.69 Å². The number of aryl methyl sites for hydroxylation is 2. The Bertz CT molecular complexity index is 890. The monoisotopic (exact) mass is 371 g/mol. The minimum absolute atomic E-state index is 0.143. The van der Waals surface area contributed by atoms with Crippen LogP contribution < -0.4 is 5.32 Å². The van der Waals surface area contributed by atoms with E-state index in [1.54, 1.807) is 16.8 Å². The van der Waals surface area contributed by atoms with Gasteiger partial charge >= 0.3 is 0 Å². The smallest absolute Gasteiger partial charge is 0.230 e. The summed E-state index contributed by atoms with van der Waals surface area (Å²) in [4.78, 5) is 12.1. The van der Waals surface area contributed by atoms with E-state index in [0.717, 1.165) is 22.4 Å². The second-order valence-corrected chi connectivity index (χ2v) is 6.75. The van der Waals surface area contributed by atoms with E-state index in [-0.39, 0.29) is 17.5 Å². The highest BCUT2D eigenvalue weighted by Gasteiger charge is 2.14. The number of amides is 1. The van der Waals surface area contributed by atoms with Gasteiger partial charge in [0.1, 0.15) is 5.82 Å². The molecule has 2 aromatic carbocycles. The van der Waals surface area contributed by atoms with Gasteiger partial charge in [0.05, 0.1) is 11.4 Å². The van der Waals surface area contributed by atoms with Gasteiger partial charge in [-0.15, -0.1) is 5.10 Å². The van der Waals surface area contributed by atoms with Crippen LogP contribution in [0.3, 0.4) is 0 Å². The number of nitrogens with one attached hydrogen (secondary N) is 1. The van der Waals surface area contributed by atoms with E-state index in [1.807, 2.05) is 32.0 Å². The van der Waals surface area contributed by atoms with Gasteiger partial charge in [-0.05, 0) is 53.1 Å². The predicted octanol–water partition coefficient (Wildman–Crippen LogP) is 2.83. The number of carbonyl (C=O) groups excluding carboxylic acids is 1. The molecule has 0 atom stereocenters. The Morgan fingerprint density at radius 2 is 1.85 bits per heavy atom. The molecule has 1 heterocycles. The molecule has 1 N–H and O–H groups in total. The van der Waals surface area contributed by atoms with Crippen molar-refractivity contribution in [1.82, 2.24) is 25.5 Å². The Balaban J connectivity index is 1.61. The fourth-order valence-corrected chi connectivity index (χ4v) is 3.24. The molecule has 0 aliphatic carbocycles. The largest absolute Gasteiger partial charge is 0.351 e. The van der Waals surface area contributed by atoms with E-state index in [9.17, 15) is 9.18 Å². The van der Waals surface area contributed by atoms with Crippen LogP contribution in [-0.2, 0) is 11.3 Å². The van der Waals surface area contributed by atoms with Crippen LogP contribution in [-0.4, -0.2) is 31.9 Å². The normalized spacial score (nSPS) is 10.7. The SMILES string of the molecule is Cc1cccc(C)c1-n1nnnc1SCC(=O)NCc1ccc(F)cc1. The average molecular weight is 371 g/mol. The van der Waals surface area contributed by atoms with E-state index >= 15 is 0 Å². The number of tetrazole rings is 1. The van der Waals surface area contributed by atoms with E-state index in [0.29, 0.717) is 11.7 Å². The van der Waals surface area contributed by atoms with Gasteiger partial charge in [-0.25, -0.2) is 4.39 Å². The third kappa shape index (κ3) is 4.26. The zero-order valence-corrected chi connectivity index (χ0v) is 15.3. The van der Waals surface area contributed by atoms with Crippen molar-refractivity contribution in [3.05, 3.63) is 65.0 Å². The van der Waals surface area contributed by atoms with Gasteiger partial charge in [0.15, 0.2) is 0 Å². The molecular weight excluding hydrogens is 353 g/mol. The first-order valence-corrected chi connectivity index (χ1v) is 9.02. The lowest BCUT2D eigenvalue weighted by molar-refractivity contribution is -0.118. The maximum absolute atomic E-state index is 12.9. The fraction of sp³-hybridized carbons (Fsp3) is 0.222. The summed E-state index contributed by atoms with van der Waals surface area (Å²) in [5.74, 6) is -0.253. The number of halogens is 1. The van der Waals surface area contributed by atoms with Gasteiger partial charge in [0.25, 0.3) is 0 Å². The summed E-state index contributed by atoms with van der Waals surface area (Å²) in [6.45, 7) is 4.34. The summed E-state index contributed by atoms with van der Waals surface area (Å²) in [7, 11) is 0. The summed E-state index contributed by atoms with van der Waals surface area (Å²) < 4.78 is 14.5. The average Bonchev–Trinajstić information content (AvgIpc) is 3.07. The molecule has 0 aliphatic rings. The predicted molar refractivity (Wildman–Crippen MR) is 97.6 cm³/mol. The van der Waals surface area contributed by atoms with Gasteiger partial charge in [0.2, 0.25) is 11.1 Å². The lowest BCUT2D eigenvalue weighted by Crippen LogP contribution is -2.24. The van der Waals surface area contributed by atoms with Crippen LogP contribution >= 0.6 is 11.8 Å². The maximum Gasteiger partial charge on any atom is 0.230 e. The molecule has 8 heteroatoms. The first kappa shape index (κ1) is 18.1. The fourth-order valence-electron chi connectivity index (χ4n) is 2.53. The van der Waals surface area contributed by atoms with E-state index < -0.39 is 0 Å². The van der Waals surface area contributed by atoms with Gasteiger partial charge < -0.3 is 5.32 Å². The highest BCUT2D eigenvalue weighted by Crippen LogP contribution is 2.23. The first-order valence-electron chi connectivity index (χ1n) is 8.03. The Labute approximate surface area is 154 Å². The van der Waals surface area contributed by atoms with Crippen molar-refractivity contribution in [3.63, 3.8) is 0 Å². The number of thioether (sulfide) groups is 1. The van der Waals surface area contributed by atoms with E-state index in [4.69, 9.17) is 0 Å². The Morgan fingerprint density at radius 1 is 1.15 bits per heavy atom. The van der Waals surface area contributed by atoms with Gasteiger partial charge in [0, 0.05) is 6.54 Å². The van der Waals surface area contributed by atoms with Crippen molar-refractivity contribution in [2.24, 2.45) is 0 Å². The van der Waals surface area contributed by atoms with Gasteiger partial charge in [-0.1, -0.05) is 42.1 Å². The zero-order chi connectivity index (χ0) is 18.5. The third-order valence-corrected chi connectivity index (χ3v) is 4.75. The number of rotatable bonds is 6. The molecule has 0 saturated carbocycles. The highest BCUT2D eigenvalue weighted by molar-refractivity contribution is 7.99. The van der Waals surface area contributed by atoms with Crippen LogP contribution in [0.1, 0.15) is 16.7 Å². The molecule has 0 bridgehead atoms. The Kier molecular flexibility index (Phi) is 5.62. The van der Waals surface area contributed by atoms with Crippen LogP contribution in [0, 0.1) is 19.7 Å². The Morgan fingerprint density at radius 3 is 2.54 bits per heavy atom. The minimum atomic E-state index is -0.297. The molecule has 1 aromatic heterocycles. The van der Waals surface area contributed by atoms with Gasteiger partial charge in [-0.2, -0.15) is 4.68 Å². The number of hydrogen-bond donors (Lipinski definition) is 1. The van der Waals surface area contributed by atoms with Crippen LogP contribution in [0.2, 0.25) is 0 Å². The number of para-hydroxylation sites is 1. The summed E-state index contributed by atoms with van der Waals surface area (Å²) >= 11 is 1.27. The number of benzene rings is 2. The number of nitrogens with zero attached hydrogens (tertiary/aromatic N) is 4.